The summed E-state index contributed by atoms with van der Waals surface area (Å²) in [4.78, 5) is 12.3. The number of halogens is 1. The lowest BCUT2D eigenvalue weighted by atomic mass is 9.93. The van der Waals surface area contributed by atoms with Gasteiger partial charge in [0, 0.05) is 13.7 Å². The number of ketones is 1. The Labute approximate surface area is 103 Å². The number of aromatic nitrogens is 2. The first-order chi connectivity index (χ1) is 7.65. The van der Waals surface area contributed by atoms with Crippen molar-refractivity contribution in [1.82, 2.24) is 9.78 Å². The second-order valence-electron chi connectivity index (χ2n) is 4.04. The van der Waals surface area contributed by atoms with Crippen molar-refractivity contribution in [2.75, 3.05) is 6.61 Å². The minimum Gasteiger partial charge on any atom is -0.377 e. The number of nitrogens with zero attached hydrogens (tertiary/aromatic N) is 2. The van der Waals surface area contributed by atoms with Crippen molar-refractivity contribution < 1.29 is 9.53 Å². The molecule has 0 N–H and O–H groups in total. The smallest absolute Gasteiger partial charge is 0.187 e. The van der Waals surface area contributed by atoms with Gasteiger partial charge in [0.2, 0.25) is 0 Å². The van der Waals surface area contributed by atoms with Gasteiger partial charge in [-0.05, 0) is 28.8 Å². The maximum Gasteiger partial charge on any atom is 0.187 e. The molecule has 0 amide bonds. The highest BCUT2D eigenvalue weighted by Crippen LogP contribution is 2.29. The van der Waals surface area contributed by atoms with E-state index in [4.69, 9.17) is 4.74 Å². The lowest BCUT2D eigenvalue weighted by molar-refractivity contribution is 0.0681. The van der Waals surface area contributed by atoms with E-state index >= 15 is 0 Å². The fourth-order valence-electron chi connectivity index (χ4n) is 2.21. The van der Waals surface area contributed by atoms with Crippen molar-refractivity contribution in [3.8, 4) is 0 Å². The van der Waals surface area contributed by atoms with Crippen molar-refractivity contribution >= 4 is 21.7 Å². The molecule has 16 heavy (non-hydrogen) atoms. The third-order valence-electron chi connectivity index (χ3n) is 3.08. The van der Waals surface area contributed by atoms with Gasteiger partial charge < -0.3 is 4.74 Å². The Morgan fingerprint density at radius 1 is 1.75 bits per heavy atom. The van der Waals surface area contributed by atoms with Crippen LogP contribution in [0.4, 0.5) is 0 Å². The fourth-order valence-corrected chi connectivity index (χ4v) is 2.76. The number of hydrogen-bond donors (Lipinski definition) is 0. The minimum absolute atomic E-state index is 0.0169. The highest BCUT2D eigenvalue weighted by atomic mass is 79.9. The Morgan fingerprint density at radius 2 is 2.50 bits per heavy atom. The van der Waals surface area contributed by atoms with Gasteiger partial charge in [0.15, 0.2) is 5.78 Å². The summed E-state index contributed by atoms with van der Waals surface area (Å²) in [6.07, 6.45) is 3.42. The SMILES string of the molecule is CCC1OCCC1C(=O)c1c(Br)cnn1C. The molecule has 0 saturated carbocycles. The number of carbonyl (C=O) groups is 1. The molecule has 2 heterocycles. The summed E-state index contributed by atoms with van der Waals surface area (Å²) in [6.45, 7) is 2.74. The van der Waals surface area contributed by atoms with Gasteiger partial charge in [-0.2, -0.15) is 5.10 Å². The van der Waals surface area contributed by atoms with Gasteiger partial charge >= 0.3 is 0 Å². The second-order valence-corrected chi connectivity index (χ2v) is 4.90. The first-order valence-corrected chi connectivity index (χ1v) is 6.27. The molecule has 1 aromatic rings. The van der Waals surface area contributed by atoms with Crippen LogP contribution in [-0.2, 0) is 11.8 Å². The van der Waals surface area contributed by atoms with Crippen molar-refractivity contribution in [3.63, 3.8) is 0 Å². The predicted octanol–water partition coefficient (Wildman–Crippen LogP) is 2.18. The molecule has 0 spiro atoms. The number of rotatable bonds is 3. The van der Waals surface area contributed by atoms with Crippen LogP contribution in [0.2, 0.25) is 0 Å². The molecule has 2 rings (SSSR count). The average molecular weight is 287 g/mol. The van der Waals surface area contributed by atoms with Crippen LogP contribution in [0.1, 0.15) is 30.3 Å². The summed E-state index contributed by atoms with van der Waals surface area (Å²) in [5.74, 6) is 0.118. The van der Waals surface area contributed by atoms with Crippen LogP contribution in [-0.4, -0.2) is 28.3 Å². The van der Waals surface area contributed by atoms with Crippen molar-refractivity contribution in [3.05, 3.63) is 16.4 Å². The lowest BCUT2D eigenvalue weighted by Crippen LogP contribution is -2.25. The first-order valence-electron chi connectivity index (χ1n) is 5.48. The van der Waals surface area contributed by atoms with E-state index in [9.17, 15) is 4.79 Å². The third kappa shape index (κ3) is 1.94. The van der Waals surface area contributed by atoms with Crippen LogP contribution in [0.3, 0.4) is 0 Å². The molecule has 2 atom stereocenters. The molecule has 5 heteroatoms. The van der Waals surface area contributed by atoms with Crippen LogP contribution in [0.15, 0.2) is 10.7 Å². The van der Waals surface area contributed by atoms with Crippen LogP contribution >= 0.6 is 15.9 Å². The molecule has 1 aliphatic rings. The highest BCUT2D eigenvalue weighted by molar-refractivity contribution is 9.10. The van der Waals surface area contributed by atoms with Crippen molar-refractivity contribution in [2.24, 2.45) is 13.0 Å². The summed E-state index contributed by atoms with van der Waals surface area (Å²) >= 11 is 3.36. The van der Waals surface area contributed by atoms with E-state index in [1.807, 2.05) is 0 Å². The molecule has 0 aliphatic carbocycles. The Kier molecular flexibility index (Phi) is 3.44. The quantitative estimate of drug-likeness (QED) is 0.800. The monoisotopic (exact) mass is 286 g/mol. The highest BCUT2D eigenvalue weighted by Gasteiger charge is 2.35. The Balaban J connectivity index is 2.25. The summed E-state index contributed by atoms with van der Waals surface area (Å²) in [5.41, 5.74) is 0.647. The van der Waals surface area contributed by atoms with Gasteiger partial charge in [0.1, 0.15) is 5.69 Å². The van der Waals surface area contributed by atoms with Crippen LogP contribution < -0.4 is 0 Å². The summed E-state index contributed by atoms with van der Waals surface area (Å²) in [6, 6.07) is 0. The molecule has 2 unspecified atom stereocenters. The molecular weight excluding hydrogens is 272 g/mol. The normalized spacial score (nSPS) is 24.9. The zero-order valence-electron chi connectivity index (χ0n) is 9.44. The standard InChI is InChI=1S/C11H15BrN2O2/c1-3-9-7(4-5-16-9)11(15)10-8(12)6-13-14(10)2/h6-7,9H,3-5H2,1-2H3. The Bertz CT molecular complexity index is 383. The van der Waals surface area contributed by atoms with Gasteiger partial charge in [-0.15, -0.1) is 0 Å². The van der Waals surface area contributed by atoms with Gasteiger partial charge in [-0.3, -0.25) is 9.48 Å². The van der Waals surface area contributed by atoms with Crippen molar-refractivity contribution in [2.45, 2.75) is 25.9 Å². The van der Waals surface area contributed by atoms with E-state index in [0.29, 0.717) is 12.3 Å². The van der Waals surface area contributed by atoms with Crippen LogP contribution in [0.25, 0.3) is 0 Å². The topological polar surface area (TPSA) is 44.1 Å². The molecule has 1 aliphatic heterocycles. The molecule has 88 valence electrons. The van der Waals surface area contributed by atoms with Gasteiger partial charge in [0.25, 0.3) is 0 Å². The number of carbonyl (C=O) groups excluding carboxylic acids is 1. The first kappa shape index (κ1) is 11.8. The molecule has 1 saturated heterocycles. The molecule has 0 aromatic carbocycles. The number of aryl methyl sites for hydroxylation is 1. The molecule has 1 aromatic heterocycles. The maximum absolute atomic E-state index is 12.3. The largest absolute Gasteiger partial charge is 0.377 e. The lowest BCUT2D eigenvalue weighted by Gasteiger charge is -2.15. The van der Waals surface area contributed by atoms with E-state index < -0.39 is 0 Å². The molecule has 0 radical (unpaired) electrons. The van der Waals surface area contributed by atoms with Gasteiger partial charge in [-0.25, -0.2) is 0 Å². The van der Waals surface area contributed by atoms with Crippen LogP contribution in [0.5, 0.6) is 0 Å². The van der Waals surface area contributed by atoms with Gasteiger partial charge in [-0.1, -0.05) is 6.92 Å². The number of ether oxygens (including phenoxy) is 1. The summed E-state index contributed by atoms with van der Waals surface area (Å²) in [7, 11) is 1.79. The van der Waals surface area contributed by atoms with E-state index in [-0.39, 0.29) is 17.8 Å². The summed E-state index contributed by atoms with van der Waals surface area (Å²) < 4.78 is 7.94. The van der Waals surface area contributed by atoms with Crippen molar-refractivity contribution in [1.29, 1.82) is 0 Å². The maximum atomic E-state index is 12.3. The minimum atomic E-state index is -0.0169. The van der Waals surface area contributed by atoms with E-state index in [2.05, 4.69) is 28.0 Å². The van der Waals surface area contributed by atoms with E-state index in [0.717, 1.165) is 17.3 Å². The predicted molar refractivity (Wildman–Crippen MR) is 63.4 cm³/mol. The fraction of sp³-hybridized carbons (Fsp3) is 0.636. The van der Waals surface area contributed by atoms with E-state index in [1.165, 1.54) is 0 Å². The van der Waals surface area contributed by atoms with Crippen LogP contribution in [0, 0.1) is 5.92 Å². The van der Waals surface area contributed by atoms with Gasteiger partial charge in [0.05, 0.1) is 22.7 Å². The van der Waals surface area contributed by atoms with E-state index in [1.54, 1.807) is 17.9 Å². The Hall–Kier alpha value is -0.680. The molecule has 1 fully saturated rings. The molecule has 0 bridgehead atoms. The zero-order chi connectivity index (χ0) is 11.7. The molecular formula is C11H15BrN2O2. The summed E-state index contributed by atoms with van der Waals surface area (Å²) in [5, 5.41) is 4.07. The molecule has 4 nitrogen and oxygen atoms in total. The average Bonchev–Trinajstić information content (AvgIpc) is 2.85. The number of hydrogen-bond acceptors (Lipinski definition) is 3. The Morgan fingerprint density at radius 3 is 3.06 bits per heavy atom. The second kappa shape index (κ2) is 4.67. The number of Topliss-reactive ketones (excluding diaryl/α,β-unsaturated/α-hetero) is 1. The zero-order valence-corrected chi connectivity index (χ0v) is 11.0. The third-order valence-corrected chi connectivity index (χ3v) is 3.66.